The number of rotatable bonds is 1. The average Bonchev–Trinajstić information content (AvgIpc) is 2.69. The van der Waals surface area contributed by atoms with Crippen LogP contribution in [0.4, 0.5) is 13.2 Å². The first kappa shape index (κ1) is 10.4. The summed E-state index contributed by atoms with van der Waals surface area (Å²) < 4.78 is 36.8. The lowest BCUT2D eigenvalue weighted by Gasteiger charge is -2.11. The Morgan fingerprint density at radius 2 is 1.87 bits per heavy atom. The summed E-state index contributed by atoms with van der Waals surface area (Å²) in [6.07, 6.45) is -3.48. The van der Waals surface area contributed by atoms with Crippen molar-refractivity contribution < 1.29 is 18.0 Å². The molecule has 0 spiro atoms. The van der Waals surface area contributed by atoms with E-state index in [2.05, 4.69) is 5.48 Å². The van der Waals surface area contributed by atoms with E-state index >= 15 is 0 Å². The van der Waals surface area contributed by atoms with Crippen LogP contribution in [0, 0.1) is 0 Å². The van der Waals surface area contributed by atoms with Gasteiger partial charge in [-0.05, 0) is 24.1 Å². The van der Waals surface area contributed by atoms with Gasteiger partial charge in [0.2, 0.25) is 0 Å². The first-order valence-electron chi connectivity index (χ1n) is 4.62. The Bertz CT molecular complexity index is 328. The van der Waals surface area contributed by atoms with E-state index in [1.807, 2.05) is 0 Å². The molecule has 1 N–H and O–H groups in total. The third-order valence-corrected chi connectivity index (χ3v) is 2.37. The zero-order valence-corrected chi connectivity index (χ0v) is 7.84. The van der Waals surface area contributed by atoms with Gasteiger partial charge < -0.3 is 4.84 Å². The molecular formula is C10H10F3NO. The summed E-state index contributed by atoms with van der Waals surface area (Å²) in [7, 11) is 0. The minimum Gasteiger partial charge on any atom is -0.301 e. The van der Waals surface area contributed by atoms with Gasteiger partial charge in [-0.3, -0.25) is 0 Å². The Hall–Kier alpha value is -1.07. The van der Waals surface area contributed by atoms with Crippen LogP contribution in [0.2, 0.25) is 0 Å². The molecule has 0 radical (unpaired) electrons. The molecule has 15 heavy (non-hydrogen) atoms. The Balaban J connectivity index is 2.16. The molecule has 1 aliphatic rings. The van der Waals surface area contributed by atoms with Crippen molar-refractivity contribution in [2.45, 2.75) is 18.6 Å². The number of nitrogens with one attached hydrogen (secondary N) is 1. The maximum atomic E-state index is 12.3. The first-order valence-corrected chi connectivity index (χ1v) is 4.62. The summed E-state index contributed by atoms with van der Waals surface area (Å²) in [6.45, 7) is 0.589. The van der Waals surface area contributed by atoms with Crippen molar-refractivity contribution in [3.63, 3.8) is 0 Å². The van der Waals surface area contributed by atoms with Gasteiger partial charge in [-0.2, -0.15) is 18.7 Å². The highest BCUT2D eigenvalue weighted by atomic mass is 19.4. The molecule has 0 aromatic heterocycles. The second-order valence-electron chi connectivity index (χ2n) is 3.43. The Morgan fingerprint density at radius 3 is 2.33 bits per heavy atom. The number of hydrogen-bond acceptors (Lipinski definition) is 2. The highest BCUT2D eigenvalue weighted by Crippen LogP contribution is 2.30. The lowest BCUT2D eigenvalue weighted by molar-refractivity contribution is -0.137. The second-order valence-corrected chi connectivity index (χ2v) is 3.43. The maximum Gasteiger partial charge on any atom is 0.416 e. The molecule has 1 saturated heterocycles. The molecule has 1 fully saturated rings. The van der Waals surface area contributed by atoms with Crippen LogP contribution >= 0.6 is 0 Å². The minimum atomic E-state index is -4.27. The van der Waals surface area contributed by atoms with Gasteiger partial charge in [-0.15, -0.1) is 0 Å². The van der Waals surface area contributed by atoms with Crippen LogP contribution in [-0.4, -0.2) is 6.61 Å². The molecule has 5 heteroatoms. The predicted molar refractivity (Wildman–Crippen MR) is 47.9 cm³/mol. The molecule has 1 aliphatic heterocycles. The molecule has 0 aliphatic carbocycles. The van der Waals surface area contributed by atoms with Crippen LogP contribution in [0.1, 0.15) is 23.6 Å². The molecule has 0 amide bonds. The summed E-state index contributed by atoms with van der Waals surface area (Å²) in [5.74, 6) is 0. The lowest BCUT2D eigenvalue weighted by Crippen LogP contribution is -2.12. The van der Waals surface area contributed by atoms with Crippen LogP contribution in [0.25, 0.3) is 0 Å². The molecule has 1 unspecified atom stereocenters. The van der Waals surface area contributed by atoms with Crippen molar-refractivity contribution in [1.82, 2.24) is 5.48 Å². The molecule has 1 aromatic carbocycles. The Labute approximate surface area is 85.0 Å². The number of alkyl halides is 3. The minimum absolute atomic E-state index is 0.00674. The van der Waals surface area contributed by atoms with E-state index in [0.717, 1.165) is 24.1 Å². The fraction of sp³-hybridized carbons (Fsp3) is 0.400. The van der Waals surface area contributed by atoms with Crippen LogP contribution in [0.15, 0.2) is 24.3 Å². The summed E-state index contributed by atoms with van der Waals surface area (Å²) in [5.41, 5.74) is 2.95. The number of benzene rings is 1. The maximum absolute atomic E-state index is 12.3. The Morgan fingerprint density at radius 1 is 1.20 bits per heavy atom. The largest absolute Gasteiger partial charge is 0.416 e. The lowest BCUT2D eigenvalue weighted by atomic mass is 10.0. The van der Waals surface area contributed by atoms with Gasteiger partial charge >= 0.3 is 6.18 Å². The third kappa shape index (κ3) is 2.30. The quantitative estimate of drug-likeness (QED) is 0.780. The van der Waals surface area contributed by atoms with Crippen molar-refractivity contribution in [3.8, 4) is 0 Å². The topological polar surface area (TPSA) is 21.3 Å². The summed E-state index contributed by atoms with van der Waals surface area (Å²) in [6, 6.07) is 5.15. The number of halogens is 3. The standard InChI is InChI=1S/C10H10F3NO/c11-10(12,13)8-3-1-7(2-4-8)9-5-6-15-14-9/h1-4,9,14H,5-6H2. The fourth-order valence-electron chi connectivity index (χ4n) is 1.53. The monoisotopic (exact) mass is 217 g/mol. The van der Waals surface area contributed by atoms with Gasteiger partial charge in [-0.1, -0.05) is 12.1 Å². The second kappa shape index (κ2) is 3.83. The van der Waals surface area contributed by atoms with Crippen LogP contribution in [0.3, 0.4) is 0 Å². The fourth-order valence-corrected chi connectivity index (χ4v) is 1.53. The van der Waals surface area contributed by atoms with Crippen molar-refractivity contribution in [2.24, 2.45) is 0 Å². The van der Waals surface area contributed by atoms with Gasteiger partial charge in [0.25, 0.3) is 0 Å². The van der Waals surface area contributed by atoms with E-state index in [1.165, 1.54) is 12.1 Å². The van der Waals surface area contributed by atoms with Gasteiger partial charge in [0.05, 0.1) is 18.2 Å². The molecule has 0 saturated carbocycles. The van der Waals surface area contributed by atoms with Crippen molar-refractivity contribution in [1.29, 1.82) is 0 Å². The summed E-state index contributed by atoms with van der Waals surface area (Å²) >= 11 is 0. The molecule has 0 bridgehead atoms. The van der Waals surface area contributed by atoms with E-state index in [0.29, 0.717) is 6.61 Å². The van der Waals surface area contributed by atoms with E-state index < -0.39 is 11.7 Å². The molecule has 1 heterocycles. The molecule has 82 valence electrons. The highest BCUT2D eigenvalue weighted by molar-refractivity contribution is 5.26. The van der Waals surface area contributed by atoms with E-state index in [-0.39, 0.29) is 6.04 Å². The summed E-state index contributed by atoms with van der Waals surface area (Å²) in [4.78, 5) is 4.94. The smallest absolute Gasteiger partial charge is 0.301 e. The van der Waals surface area contributed by atoms with Gasteiger partial charge in [0.1, 0.15) is 0 Å². The molecular weight excluding hydrogens is 207 g/mol. The molecule has 1 atom stereocenters. The highest BCUT2D eigenvalue weighted by Gasteiger charge is 2.30. The van der Waals surface area contributed by atoms with Crippen molar-refractivity contribution in [3.05, 3.63) is 35.4 Å². The zero-order valence-electron chi connectivity index (χ0n) is 7.84. The Kier molecular flexibility index (Phi) is 2.67. The van der Waals surface area contributed by atoms with Crippen molar-refractivity contribution in [2.75, 3.05) is 6.61 Å². The predicted octanol–water partition coefficient (Wildman–Crippen LogP) is 2.67. The SMILES string of the molecule is FC(F)(F)c1ccc(C2CCON2)cc1. The average molecular weight is 217 g/mol. The molecule has 2 nitrogen and oxygen atoms in total. The summed E-state index contributed by atoms with van der Waals surface area (Å²) in [5, 5.41) is 0. The van der Waals surface area contributed by atoms with Gasteiger partial charge in [-0.25, -0.2) is 0 Å². The van der Waals surface area contributed by atoms with E-state index in [1.54, 1.807) is 0 Å². The van der Waals surface area contributed by atoms with Crippen LogP contribution < -0.4 is 5.48 Å². The van der Waals surface area contributed by atoms with Gasteiger partial charge in [0.15, 0.2) is 0 Å². The molecule has 2 rings (SSSR count). The number of hydroxylamine groups is 1. The molecule has 1 aromatic rings. The first-order chi connectivity index (χ1) is 7.07. The van der Waals surface area contributed by atoms with Crippen molar-refractivity contribution >= 4 is 0 Å². The third-order valence-electron chi connectivity index (χ3n) is 2.37. The normalized spacial score (nSPS) is 21.9. The van der Waals surface area contributed by atoms with Crippen LogP contribution in [0.5, 0.6) is 0 Å². The van der Waals surface area contributed by atoms with E-state index in [9.17, 15) is 13.2 Å². The van der Waals surface area contributed by atoms with Gasteiger partial charge in [0, 0.05) is 0 Å². The zero-order chi connectivity index (χ0) is 10.9. The number of hydrogen-bond donors (Lipinski definition) is 1. The van der Waals surface area contributed by atoms with E-state index in [4.69, 9.17) is 4.84 Å². The van der Waals surface area contributed by atoms with Crippen LogP contribution in [-0.2, 0) is 11.0 Å².